The maximum atomic E-state index is 14.4. The molecule has 2 amide bonds. The van der Waals surface area contributed by atoms with Crippen molar-refractivity contribution >= 4 is 17.7 Å². The normalized spacial score (nSPS) is 16.9. The van der Waals surface area contributed by atoms with Crippen LogP contribution in [0.5, 0.6) is 5.75 Å². The maximum Gasteiger partial charge on any atom is 0.417 e. The molecule has 1 unspecified atom stereocenters. The van der Waals surface area contributed by atoms with Gasteiger partial charge < -0.3 is 20.3 Å². The first-order chi connectivity index (χ1) is 20.3. The van der Waals surface area contributed by atoms with Crippen LogP contribution in [0.2, 0.25) is 0 Å². The number of amides is 2. The van der Waals surface area contributed by atoms with Crippen molar-refractivity contribution in [3.05, 3.63) is 131 Å². The molecule has 0 spiro atoms. The Morgan fingerprint density at radius 2 is 1.45 bits per heavy atom. The number of carbonyl (C=O) groups is 2. The van der Waals surface area contributed by atoms with E-state index >= 15 is 0 Å². The molecule has 0 radical (unpaired) electrons. The van der Waals surface area contributed by atoms with Gasteiger partial charge in [0.25, 0.3) is 0 Å². The quantitative estimate of drug-likeness (QED) is 0.196. The lowest BCUT2D eigenvalue weighted by Crippen LogP contribution is -2.42. The number of benzene rings is 4. The number of halogens is 2. The molecule has 0 saturated carbocycles. The number of rotatable bonds is 10. The summed E-state index contributed by atoms with van der Waals surface area (Å²) in [6.07, 6.45) is -1.56. The van der Waals surface area contributed by atoms with Gasteiger partial charge in [-0.05, 0) is 78.1 Å². The van der Waals surface area contributed by atoms with Crippen molar-refractivity contribution in [2.75, 3.05) is 11.9 Å². The minimum absolute atomic E-state index is 0.00518. The number of aliphatic hydroxyl groups is 1. The Bertz CT molecular complexity index is 1500. The monoisotopic (exact) mass is 572 g/mol. The van der Waals surface area contributed by atoms with Crippen molar-refractivity contribution in [3.8, 4) is 5.75 Å². The number of carbonyl (C=O) groups excluding carboxylic acids is 2. The number of imide groups is 1. The van der Waals surface area contributed by atoms with E-state index in [0.717, 1.165) is 10.5 Å². The standard InChI is InChI=1S/C33H30F2N2O5/c34-24-10-6-22(7-11-24)30(39)19-18-28(32(40)37-29(20-42-33(37)41)21-4-2-1-3-5-21)31(23-8-16-27(38)17-9-23)36-26-14-12-25(35)13-15-26/h1-17,28-31,36,38-39H,18-20H2/t28-,29-,30+,31?/m1/s1. The van der Waals surface area contributed by atoms with E-state index in [1.54, 1.807) is 12.1 Å². The van der Waals surface area contributed by atoms with Crippen molar-refractivity contribution in [2.24, 2.45) is 5.92 Å². The fourth-order valence-electron chi connectivity index (χ4n) is 5.21. The van der Waals surface area contributed by atoms with E-state index in [1.807, 2.05) is 30.3 Å². The van der Waals surface area contributed by atoms with Gasteiger partial charge in [-0.25, -0.2) is 18.5 Å². The number of phenolic OH excluding ortho intramolecular Hbond substituents is 1. The van der Waals surface area contributed by atoms with Crippen LogP contribution in [0.4, 0.5) is 19.3 Å². The highest BCUT2D eigenvalue weighted by atomic mass is 19.1. The molecular weight excluding hydrogens is 542 g/mol. The molecule has 5 rings (SSSR count). The predicted molar refractivity (Wildman–Crippen MR) is 152 cm³/mol. The zero-order chi connectivity index (χ0) is 29.6. The van der Waals surface area contributed by atoms with Gasteiger partial charge in [0.1, 0.15) is 30.0 Å². The summed E-state index contributed by atoms with van der Waals surface area (Å²) >= 11 is 0. The topological polar surface area (TPSA) is 99.1 Å². The van der Waals surface area contributed by atoms with Crippen LogP contribution in [0.1, 0.15) is 47.7 Å². The van der Waals surface area contributed by atoms with Crippen molar-refractivity contribution in [1.82, 2.24) is 4.90 Å². The second kappa shape index (κ2) is 12.8. The first kappa shape index (κ1) is 28.8. The van der Waals surface area contributed by atoms with Crippen molar-refractivity contribution in [1.29, 1.82) is 0 Å². The summed E-state index contributed by atoms with van der Waals surface area (Å²) < 4.78 is 32.5. The number of cyclic esters (lactones) is 1. The Labute approximate surface area is 242 Å². The molecular formula is C33H30F2N2O5. The van der Waals surface area contributed by atoms with E-state index in [4.69, 9.17) is 4.74 Å². The molecule has 216 valence electrons. The van der Waals surface area contributed by atoms with E-state index < -0.39 is 47.7 Å². The number of ether oxygens (including phenoxy) is 1. The molecule has 0 bridgehead atoms. The van der Waals surface area contributed by atoms with Crippen LogP contribution < -0.4 is 5.32 Å². The summed E-state index contributed by atoms with van der Waals surface area (Å²) in [6, 6.07) is 25.1. The number of phenols is 1. The first-order valence-electron chi connectivity index (χ1n) is 13.6. The maximum absolute atomic E-state index is 14.4. The van der Waals surface area contributed by atoms with Gasteiger partial charge >= 0.3 is 6.09 Å². The Balaban J connectivity index is 1.53. The summed E-state index contributed by atoms with van der Waals surface area (Å²) in [5.41, 5.74) is 2.36. The average molecular weight is 573 g/mol. The molecule has 4 aromatic carbocycles. The number of anilines is 1. The molecule has 7 nitrogen and oxygen atoms in total. The largest absolute Gasteiger partial charge is 0.508 e. The zero-order valence-corrected chi connectivity index (χ0v) is 22.6. The number of aromatic hydroxyl groups is 1. The first-order valence-corrected chi connectivity index (χ1v) is 13.6. The summed E-state index contributed by atoms with van der Waals surface area (Å²) in [5, 5.41) is 24.2. The van der Waals surface area contributed by atoms with Gasteiger partial charge in [-0.1, -0.05) is 54.6 Å². The highest BCUT2D eigenvalue weighted by Crippen LogP contribution is 2.38. The van der Waals surface area contributed by atoms with Crippen LogP contribution >= 0.6 is 0 Å². The zero-order valence-electron chi connectivity index (χ0n) is 22.6. The lowest BCUT2D eigenvalue weighted by atomic mass is 9.85. The van der Waals surface area contributed by atoms with E-state index in [0.29, 0.717) is 16.8 Å². The molecule has 0 aromatic heterocycles. The Morgan fingerprint density at radius 1 is 0.857 bits per heavy atom. The lowest BCUT2D eigenvalue weighted by molar-refractivity contribution is -0.134. The molecule has 3 N–H and O–H groups in total. The summed E-state index contributed by atoms with van der Waals surface area (Å²) in [6.45, 7) is -0.00518. The lowest BCUT2D eigenvalue weighted by Gasteiger charge is -2.32. The van der Waals surface area contributed by atoms with Crippen LogP contribution in [-0.4, -0.2) is 33.7 Å². The smallest absolute Gasteiger partial charge is 0.417 e. The van der Waals surface area contributed by atoms with Gasteiger partial charge in [0.2, 0.25) is 5.91 Å². The molecule has 1 aliphatic heterocycles. The molecule has 1 heterocycles. The SMILES string of the molecule is O=C1OC[C@H](c2ccccc2)N1C(=O)[C@H](CC[C@H](O)c1ccc(F)cc1)C(Nc1ccc(F)cc1)c1ccc(O)cc1. The minimum Gasteiger partial charge on any atom is -0.508 e. The van der Waals surface area contributed by atoms with Gasteiger partial charge in [-0.15, -0.1) is 0 Å². The molecule has 1 fully saturated rings. The molecule has 4 atom stereocenters. The van der Waals surface area contributed by atoms with Crippen LogP contribution in [0.3, 0.4) is 0 Å². The molecule has 1 aliphatic rings. The van der Waals surface area contributed by atoms with E-state index in [2.05, 4.69) is 5.32 Å². The van der Waals surface area contributed by atoms with E-state index in [9.17, 15) is 28.6 Å². The van der Waals surface area contributed by atoms with Crippen molar-refractivity contribution in [2.45, 2.75) is 31.0 Å². The van der Waals surface area contributed by atoms with Crippen LogP contribution in [0, 0.1) is 17.6 Å². The molecule has 42 heavy (non-hydrogen) atoms. The van der Waals surface area contributed by atoms with Crippen LogP contribution in [0.25, 0.3) is 0 Å². The van der Waals surface area contributed by atoms with E-state index in [1.165, 1.54) is 60.7 Å². The van der Waals surface area contributed by atoms with Gasteiger partial charge in [0, 0.05) is 5.69 Å². The molecule has 1 saturated heterocycles. The third-order valence-corrected chi connectivity index (χ3v) is 7.44. The fourth-order valence-corrected chi connectivity index (χ4v) is 5.21. The number of hydrogen-bond acceptors (Lipinski definition) is 6. The minimum atomic E-state index is -1.01. The molecule has 0 aliphatic carbocycles. The van der Waals surface area contributed by atoms with Crippen LogP contribution in [-0.2, 0) is 9.53 Å². The number of hydrogen-bond donors (Lipinski definition) is 3. The van der Waals surface area contributed by atoms with Gasteiger partial charge in [-0.2, -0.15) is 0 Å². The number of nitrogens with one attached hydrogen (secondary N) is 1. The Hall–Kier alpha value is -4.76. The van der Waals surface area contributed by atoms with Crippen LogP contribution in [0.15, 0.2) is 103 Å². The highest BCUT2D eigenvalue weighted by molar-refractivity contribution is 5.95. The highest BCUT2D eigenvalue weighted by Gasteiger charge is 2.44. The summed E-state index contributed by atoms with van der Waals surface area (Å²) in [5.74, 6) is -2.28. The average Bonchev–Trinajstić information content (AvgIpc) is 3.40. The fraction of sp³-hybridized carbons (Fsp3) is 0.212. The number of aliphatic hydroxyl groups excluding tert-OH is 1. The molecule has 4 aromatic rings. The van der Waals surface area contributed by atoms with Gasteiger partial charge in [-0.3, -0.25) is 4.79 Å². The van der Waals surface area contributed by atoms with Gasteiger partial charge in [0.05, 0.1) is 18.1 Å². The van der Waals surface area contributed by atoms with Crippen molar-refractivity contribution in [3.63, 3.8) is 0 Å². The second-order valence-corrected chi connectivity index (χ2v) is 10.2. The predicted octanol–water partition coefficient (Wildman–Crippen LogP) is 6.67. The third-order valence-electron chi connectivity index (χ3n) is 7.44. The molecule has 9 heteroatoms. The van der Waals surface area contributed by atoms with Crippen molar-refractivity contribution < 1.29 is 33.3 Å². The third kappa shape index (κ3) is 6.58. The Kier molecular flexibility index (Phi) is 8.78. The summed E-state index contributed by atoms with van der Waals surface area (Å²) in [4.78, 5) is 28.5. The second-order valence-electron chi connectivity index (χ2n) is 10.2. The number of nitrogens with zero attached hydrogens (tertiary/aromatic N) is 1. The van der Waals surface area contributed by atoms with E-state index in [-0.39, 0.29) is 25.2 Å². The van der Waals surface area contributed by atoms with Gasteiger partial charge in [0.15, 0.2) is 0 Å². The Morgan fingerprint density at radius 3 is 2.10 bits per heavy atom. The summed E-state index contributed by atoms with van der Waals surface area (Å²) in [7, 11) is 0.